The van der Waals surface area contributed by atoms with E-state index in [4.69, 9.17) is 10.3 Å². The number of nitrogens with zero attached hydrogens (tertiary/aromatic N) is 5. The van der Waals surface area contributed by atoms with Crippen molar-refractivity contribution in [2.75, 3.05) is 0 Å². The second-order valence-electron chi connectivity index (χ2n) is 17.1. The van der Waals surface area contributed by atoms with E-state index in [1.54, 1.807) is 30.5 Å². The maximum atomic E-state index is 14.2. The third-order valence-corrected chi connectivity index (χ3v) is 11.6. The minimum absolute atomic E-state index is 0.474. The predicted octanol–water partition coefficient (Wildman–Crippen LogP) is 15.4. The summed E-state index contributed by atoms with van der Waals surface area (Å²) < 4.78 is 349. The molecule has 80 heavy (non-hydrogen) atoms. The van der Waals surface area contributed by atoms with E-state index in [2.05, 4.69) is 27.1 Å². The molecule has 0 radical (unpaired) electrons. The van der Waals surface area contributed by atoms with Gasteiger partial charge in [0, 0.05) is 16.2 Å². The van der Waals surface area contributed by atoms with Gasteiger partial charge in [0.1, 0.15) is 11.9 Å². The van der Waals surface area contributed by atoms with Gasteiger partial charge in [0.15, 0.2) is 12.7 Å². The molecule has 7 rings (SSSR count). The van der Waals surface area contributed by atoms with Crippen LogP contribution in [-0.4, -0.2) is 11.1 Å². The molecule has 0 atom stereocenters. The number of aromatic nitrogens is 2. The third-order valence-electron chi connectivity index (χ3n) is 11.6. The Morgan fingerprint density at radius 1 is 0.425 bits per heavy atom. The van der Waals surface area contributed by atoms with Crippen molar-refractivity contribution in [3.8, 4) is 11.6 Å². The number of hydrogen-bond donors (Lipinski definition) is 0. The van der Waals surface area contributed by atoms with E-state index >= 15 is 0 Å². The molecule has 7 aromatic rings. The summed E-state index contributed by atoms with van der Waals surface area (Å²) >= 11 is 0. The van der Waals surface area contributed by atoms with Gasteiger partial charge >= 0.3 is 49.4 Å². The van der Waals surface area contributed by atoms with Gasteiger partial charge in [0.25, 0.3) is 5.88 Å². The van der Waals surface area contributed by atoms with Gasteiger partial charge in [-0.2, -0.15) is 132 Å². The zero-order valence-electron chi connectivity index (χ0n) is 38.9. The van der Waals surface area contributed by atoms with Gasteiger partial charge in [-0.05, 0) is 41.9 Å². The lowest BCUT2D eigenvalue weighted by Gasteiger charge is -2.46. The summed E-state index contributed by atoms with van der Waals surface area (Å²) in [4.78, 5) is 6.97. The Labute approximate surface area is 432 Å². The van der Waals surface area contributed by atoms with Crippen LogP contribution in [0.5, 0.6) is 11.6 Å². The molecule has 1 heterocycles. The highest BCUT2D eigenvalue weighted by Gasteiger charge is 2.47. The van der Waals surface area contributed by atoms with Gasteiger partial charge < -0.3 is 4.74 Å². The first-order valence-corrected chi connectivity index (χ1v) is 21.7. The molecule has 1 aromatic heterocycles. The second-order valence-corrected chi connectivity index (χ2v) is 17.1. The van der Waals surface area contributed by atoms with E-state index in [0.29, 0.717) is 17.3 Å². The third kappa shape index (κ3) is 14.6. The predicted molar refractivity (Wildman–Crippen MR) is 235 cm³/mol. The summed E-state index contributed by atoms with van der Waals surface area (Å²) in [6.45, 7) is 0.735. The van der Waals surface area contributed by atoms with Crippen molar-refractivity contribution in [1.29, 1.82) is 0 Å². The summed E-state index contributed by atoms with van der Waals surface area (Å²) in [6.07, 6.45) is -49.4. The van der Waals surface area contributed by atoms with Crippen LogP contribution in [0.25, 0.3) is 10.4 Å². The zero-order chi connectivity index (χ0) is 59.8. The minimum atomic E-state index is -6.13. The Balaban J connectivity index is 0.000000370. The van der Waals surface area contributed by atoms with E-state index in [1.807, 2.05) is 35.2 Å². The van der Waals surface area contributed by atoms with Gasteiger partial charge in [-0.25, -0.2) is 4.98 Å². The molecule has 0 spiro atoms. The van der Waals surface area contributed by atoms with Crippen LogP contribution in [-0.2, 0) is 56.0 Å². The van der Waals surface area contributed by atoms with E-state index in [1.165, 1.54) is 5.56 Å². The van der Waals surface area contributed by atoms with Crippen molar-refractivity contribution in [3.05, 3.63) is 206 Å². The number of halogens is 24. The molecule has 0 amide bonds. The zero-order valence-corrected chi connectivity index (χ0v) is 38.9. The van der Waals surface area contributed by atoms with Crippen LogP contribution in [0.4, 0.5) is 111 Å². The quantitative estimate of drug-likeness (QED) is 0.0361. The molecular formula is C49H26BF24N5O. The van der Waals surface area contributed by atoms with E-state index in [9.17, 15) is 105 Å². The van der Waals surface area contributed by atoms with Crippen LogP contribution in [0, 0.1) is 0 Å². The Morgan fingerprint density at radius 2 is 0.750 bits per heavy atom. The fourth-order valence-electron chi connectivity index (χ4n) is 8.21. The maximum Gasteiger partial charge on any atom is 0.416 e. The van der Waals surface area contributed by atoms with Crippen LogP contribution in [0.15, 0.2) is 151 Å². The van der Waals surface area contributed by atoms with E-state index in [0.717, 1.165) is 6.54 Å². The SMILES string of the molecule is FC(F)(F)c1cc([B-](c2cc(C(F)(F)F)cc(C(F)(F)F)c2)(c2cc(C(F)(F)F)cc(C(F)(F)F)c2)c2cc(C(F)(F)F)cc(C(F)(F)F)c2)cc(C(F)(F)F)c1.[N-]=[N+]=Nc1cccc(Oc2c[n+](Cc3ccccc3)ccn2)c1. The fourth-order valence-corrected chi connectivity index (χ4v) is 8.21. The molecular weight excluding hydrogens is 1140 g/mol. The molecule has 0 saturated carbocycles. The molecule has 0 saturated heterocycles. The van der Waals surface area contributed by atoms with Gasteiger partial charge in [-0.15, -0.1) is 0 Å². The summed E-state index contributed by atoms with van der Waals surface area (Å²) in [6, 6.07) is 8.25. The molecule has 0 aliphatic rings. The fraction of sp³-hybridized carbons (Fsp3) is 0.184. The molecule has 0 aliphatic heterocycles. The number of rotatable bonds is 9. The molecule has 0 bridgehead atoms. The normalized spacial score (nSPS) is 13.1. The summed E-state index contributed by atoms with van der Waals surface area (Å²) in [5.74, 6) is 1.04. The van der Waals surface area contributed by atoms with Crippen molar-refractivity contribution in [2.24, 2.45) is 5.11 Å². The molecule has 0 unspecified atom stereocenters. The second kappa shape index (κ2) is 21.9. The van der Waals surface area contributed by atoms with Crippen molar-refractivity contribution in [3.63, 3.8) is 0 Å². The Hall–Kier alpha value is -8.11. The summed E-state index contributed by atoms with van der Waals surface area (Å²) in [5.41, 5.74) is -20.0. The lowest BCUT2D eigenvalue weighted by Crippen LogP contribution is -2.75. The molecule has 0 aliphatic carbocycles. The van der Waals surface area contributed by atoms with Crippen LogP contribution >= 0.6 is 0 Å². The lowest BCUT2D eigenvalue weighted by molar-refractivity contribution is -0.689. The van der Waals surface area contributed by atoms with Crippen LogP contribution in [0.2, 0.25) is 0 Å². The Kier molecular flexibility index (Phi) is 16.7. The van der Waals surface area contributed by atoms with Crippen LogP contribution < -0.4 is 31.2 Å². The average molecular weight is 1170 g/mol. The van der Waals surface area contributed by atoms with Crippen LogP contribution in [0.1, 0.15) is 50.1 Å². The van der Waals surface area contributed by atoms with E-state index < -0.39 is 195 Å². The average Bonchev–Trinajstić information content (AvgIpc) is 3.33. The molecule has 6 aromatic carbocycles. The van der Waals surface area contributed by atoms with Crippen molar-refractivity contribution in [1.82, 2.24) is 4.98 Å². The van der Waals surface area contributed by atoms with Gasteiger partial charge in [0.05, 0.1) is 50.7 Å². The van der Waals surface area contributed by atoms with E-state index in [-0.39, 0.29) is 0 Å². The number of hydrogen-bond acceptors (Lipinski definition) is 3. The van der Waals surface area contributed by atoms with Crippen molar-refractivity contribution in [2.45, 2.75) is 56.0 Å². The molecule has 31 heteroatoms. The first kappa shape index (κ1) is 61.1. The van der Waals surface area contributed by atoms with Gasteiger partial charge in [-0.3, -0.25) is 0 Å². The lowest BCUT2D eigenvalue weighted by atomic mass is 9.12. The standard InChI is InChI=1S/C32H12BF24.C17H14N5O/c34-25(35,36)13-1-14(26(37,38)39)6-21(5-13)33(22-7-15(27(40,41)42)2-16(8-22)28(43,44)45,23-9-17(29(46,47)48)3-18(10-23)30(49,50)51)24-11-19(31(52,53)54)4-20(12-24)32(55,56)57;18-21-20-15-7-4-8-16(11-15)23-17-13-22(10-9-19-17)12-14-5-2-1-3-6-14/h1-12H;1-11,13H,12H2/q-1;+1. The number of alkyl halides is 24. The van der Waals surface area contributed by atoms with Crippen molar-refractivity contribution >= 4 is 33.7 Å². The maximum absolute atomic E-state index is 14.2. The molecule has 6 nitrogen and oxygen atoms in total. The van der Waals surface area contributed by atoms with Crippen molar-refractivity contribution < 1.29 is 115 Å². The van der Waals surface area contributed by atoms with Gasteiger partial charge in [-0.1, -0.05) is 96.1 Å². The molecule has 0 fully saturated rings. The molecule has 0 N–H and O–H groups in total. The number of benzene rings is 6. The smallest absolute Gasteiger partial charge is 0.416 e. The minimum Gasteiger partial charge on any atom is -0.434 e. The largest absolute Gasteiger partial charge is 0.434 e. The first-order chi connectivity index (χ1) is 36.6. The topological polar surface area (TPSA) is 74.8 Å². The number of ether oxygens (including phenoxy) is 1. The monoisotopic (exact) mass is 1170 g/mol. The number of azide groups is 1. The van der Waals surface area contributed by atoms with Gasteiger partial charge in [0.2, 0.25) is 6.20 Å². The highest BCUT2D eigenvalue weighted by molar-refractivity contribution is 7.20. The highest BCUT2D eigenvalue weighted by atomic mass is 19.4. The van der Waals surface area contributed by atoms with Crippen LogP contribution in [0.3, 0.4) is 0 Å². The molecule has 424 valence electrons. The Morgan fingerprint density at radius 3 is 1.05 bits per heavy atom. The Bertz CT molecular complexity index is 2970. The first-order valence-electron chi connectivity index (χ1n) is 21.7. The highest BCUT2D eigenvalue weighted by Crippen LogP contribution is 2.41. The summed E-state index contributed by atoms with van der Waals surface area (Å²) in [7, 11) is 0. The summed E-state index contributed by atoms with van der Waals surface area (Å²) in [5, 5.41) is 3.56.